The van der Waals surface area contributed by atoms with Gasteiger partial charge in [0.15, 0.2) is 5.82 Å². The van der Waals surface area contributed by atoms with Gasteiger partial charge in [0.25, 0.3) is 0 Å². The minimum atomic E-state index is -0.411. The van der Waals surface area contributed by atoms with Gasteiger partial charge in [-0.3, -0.25) is 0 Å². The fourth-order valence-corrected chi connectivity index (χ4v) is 3.43. The molecule has 0 unspecified atom stereocenters. The number of nitrogens with one attached hydrogen (secondary N) is 2. The van der Waals surface area contributed by atoms with Gasteiger partial charge in [-0.05, 0) is 42.5 Å². The van der Waals surface area contributed by atoms with Crippen LogP contribution in [0.3, 0.4) is 0 Å². The van der Waals surface area contributed by atoms with Gasteiger partial charge in [0.1, 0.15) is 5.75 Å². The second-order valence-corrected chi connectivity index (χ2v) is 7.32. The molecule has 31 heavy (non-hydrogen) atoms. The molecule has 1 fully saturated rings. The number of hydrogen-bond donors (Lipinski definition) is 2. The first-order valence-electron chi connectivity index (χ1n) is 9.81. The van der Waals surface area contributed by atoms with E-state index in [1.807, 2.05) is 30.3 Å². The van der Waals surface area contributed by atoms with E-state index in [0.717, 1.165) is 30.2 Å². The van der Waals surface area contributed by atoms with Crippen molar-refractivity contribution in [2.75, 3.05) is 48.9 Å². The lowest BCUT2D eigenvalue weighted by Crippen LogP contribution is -2.36. The van der Waals surface area contributed by atoms with E-state index in [0.29, 0.717) is 35.4 Å². The average Bonchev–Trinajstić information content (AvgIpc) is 2.80. The van der Waals surface area contributed by atoms with Crippen LogP contribution in [0.2, 0.25) is 5.02 Å². The Morgan fingerprint density at radius 2 is 1.90 bits per heavy atom. The Bertz CT molecular complexity index is 1060. The number of aromatic nitrogens is 2. The number of methoxy groups -OCH3 is 1. The highest BCUT2D eigenvalue weighted by atomic mass is 35.5. The van der Waals surface area contributed by atoms with Gasteiger partial charge < -0.3 is 25.0 Å². The van der Waals surface area contributed by atoms with Crippen LogP contribution in [0.15, 0.2) is 54.6 Å². The maximum atomic E-state index is 12.5. The summed E-state index contributed by atoms with van der Waals surface area (Å²) in [5.74, 6) is 1.35. The van der Waals surface area contributed by atoms with Crippen LogP contribution in [0.5, 0.6) is 5.75 Å². The zero-order valence-electron chi connectivity index (χ0n) is 17.0. The predicted molar refractivity (Wildman–Crippen MR) is 121 cm³/mol. The van der Waals surface area contributed by atoms with Crippen molar-refractivity contribution in [1.29, 1.82) is 0 Å². The molecule has 1 saturated heterocycles. The topological polar surface area (TPSA) is 88.6 Å². The van der Waals surface area contributed by atoms with Gasteiger partial charge in [0.05, 0.1) is 31.7 Å². The number of morpholine rings is 1. The number of halogens is 1. The van der Waals surface area contributed by atoms with Crippen molar-refractivity contribution in [3.8, 4) is 17.0 Å². The first-order valence-corrected chi connectivity index (χ1v) is 10.2. The van der Waals surface area contributed by atoms with Crippen molar-refractivity contribution in [3.05, 3.63) is 59.6 Å². The summed E-state index contributed by atoms with van der Waals surface area (Å²) in [4.78, 5) is 14.6. The largest absolute Gasteiger partial charge is 0.495 e. The average molecular weight is 440 g/mol. The minimum Gasteiger partial charge on any atom is -0.495 e. The van der Waals surface area contributed by atoms with E-state index in [9.17, 15) is 4.79 Å². The summed E-state index contributed by atoms with van der Waals surface area (Å²) in [7, 11) is 1.53. The van der Waals surface area contributed by atoms with Gasteiger partial charge >= 0.3 is 6.03 Å². The summed E-state index contributed by atoms with van der Waals surface area (Å²) in [5.41, 5.74) is 2.67. The summed E-state index contributed by atoms with van der Waals surface area (Å²) in [6.45, 7) is 3.00. The first kappa shape index (κ1) is 20.9. The number of nitrogens with zero attached hydrogens (tertiary/aromatic N) is 3. The normalized spacial score (nSPS) is 13.5. The number of ether oxygens (including phenoxy) is 2. The van der Waals surface area contributed by atoms with Crippen LogP contribution in [-0.2, 0) is 4.74 Å². The predicted octanol–water partition coefficient (Wildman–Crippen LogP) is 4.29. The van der Waals surface area contributed by atoms with Gasteiger partial charge in [0, 0.05) is 29.4 Å². The molecular weight excluding hydrogens is 418 g/mol. The van der Waals surface area contributed by atoms with Gasteiger partial charge in [-0.15, -0.1) is 10.2 Å². The van der Waals surface area contributed by atoms with E-state index in [-0.39, 0.29) is 0 Å². The van der Waals surface area contributed by atoms with Crippen LogP contribution in [0.1, 0.15) is 0 Å². The summed E-state index contributed by atoms with van der Waals surface area (Å²) < 4.78 is 10.6. The highest BCUT2D eigenvalue weighted by Crippen LogP contribution is 2.28. The third-order valence-electron chi connectivity index (χ3n) is 4.81. The van der Waals surface area contributed by atoms with Crippen LogP contribution >= 0.6 is 11.6 Å². The van der Waals surface area contributed by atoms with Crippen LogP contribution in [0.4, 0.5) is 22.0 Å². The fraction of sp³-hybridized carbons (Fsp3) is 0.227. The van der Waals surface area contributed by atoms with Gasteiger partial charge in [0.2, 0.25) is 0 Å². The van der Waals surface area contributed by atoms with E-state index >= 15 is 0 Å². The Morgan fingerprint density at radius 1 is 1.06 bits per heavy atom. The Hall–Kier alpha value is -3.36. The molecule has 0 aliphatic carbocycles. The van der Waals surface area contributed by atoms with Crippen molar-refractivity contribution in [2.45, 2.75) is 0 Å². The lowest BCUT2D eigenvalue weighted by atomic mass is 10.1. The molecule has 1 aromatic heterocycles. The molecule has 160 valence electrons. The van der Waals surface area contributed by atoms with E-state index in [2.05, 4.69) is 25.7 Å². The molecule has 2 aromatic carbocycles. The molecular formula is C22H22ClN5O3. The van der Waals surface area contributed by atoms with Crippen molar-refractivity contribution >= 4 is 34.8 Å². The smallest absolute Gasteiger partial charge is 0.323 e. The molecule has 1 aliphatic rings. The van der Waals surface area contributed by atoms with E-state index < -0.39 is 6.03 Å². The first-order chi connectivity index (χ1) is 15.1. The number of rotatable bonds is 5. The third kappa shape index (κ3) is 5.22. The summed E-state index contributed by atoms with van der Waals surface area (Å²) in [5, 5.41) is 14.8. The minimum absolute atomic E-state index is 0.411. The molecule has 2 heterocycles. The standard InChI is InChI=1S/C22H22ClN5O3/c1-30-20-7-5-16(23)14-19(20)25-22(29)24-17-4-2-3-15(13-17)18-6-8-21(27-26-18)28-9-11-31-12-10-28/h2-8,13-14H,9-12H2,1H3,(H2,24,25,29). The van der Waals surface area contributed by atoms with Gasteiger partial charge in [-0.2, -0.15) is 0 Å². The molecule has 4 rings (SSSR count). The van der Waals surface area contributed by atoms with Gasteiger partial charge in [-0.1, -0.05) is 23.7 Å². The van der Waals surface area contributed by atoms with Crippen LogP contribution in [0.25, 0.3) is 11.3 Å². The van der Waals surface area contributed by atoms with E-state index in [4.69, 9.17) is 21.1 Å². The second kappa shape index (κ2) is 9.63. The SMILES string of the molecule is COc1ccc(Cl)cc1NC(=O)Nc1cccc(-c2ccc(N3CCOCC3)nn2)c1. The molecule has 2 N–H and O–H groups in total. The fourth-order valence-electron chi connectivity index (χ4n) is 3.26. The number of hydrogen-bond acceptors (Lipinski definition) is 6. The zero-order valence-corrected chi connectivity index (χ0v) is 17.7. The monoisotopic (exact) mass is 439 g/mol. The lowest BCUT2D eigenvalue weighted by Gasteiger charge is -2.27. The quantitative estimate of drug-likeness (QED) is 0.616. The summed E-state index contributed by atoms with van der Waals surface area (Å²) in [6.07, 6.45) is 0. The number of carbonyl (C=O) groups excluding carboxylic acids is 1. The second-order valence-electron chi connectivity index (χ2n) is 6.88. The molecule has 0 spiro atoms. The molecule has 0 radical (unpaired) electrons. The zero-order chi connectivity index (χ0) is 21.6. The Balaban J connectivity index is 1.44. The molecule has 2 amide bonds. The van der Waals surface area contributed by atoms with Gasteiger partial charge in [-0.25, -0.2) is 4.79 Å². The molecule has 0 bridgehead atoms. The van der Waals surface area contributed by atoms with Crippen LogP contribution in [0, 0.1) is 0 Å². The van der Waals surface area contributed by atoms with Crippen molar-refractivity contribution in [1.82, 2.24) is 10.2 Å². The van der Waals surface area contributed by atoms with E-state index in [1.165, 1.54) is 7.11 Å². The molecule has 9 heteroatoms. The van der Waals surface area contributed by atoms with Crippen LogP contribution in [-0.4, -0.2) is 49.6 Å². The summed E-state index contributed by atoms with van der Waals surface area (Å²) in [6, 6.07) is 15.9. The van der Waals surface area contributed by atoms with Crippen molar-refractivity contribution in [2.24, 2.45) is 0 Å². The molecule has 0 atom stereocenters. The van der Waals surface area contributed by atoms with Crippen molar-refractivity contribution in [3.63, 3.8) is 0 Å². The van der Waals surface area contributed by atoms with Crippen LogP contribution < -0.4 is 20.3 Å². The lowest BCUT2D eigenvalue weighted by molar-refractivity contribution is 0.122. The molecule has 3 aromatic rings. The number of carbonyl (C=O) groups is 1. The Kier molecular flexibility index (Phi) is 6.49. The molecule has 1 aliphatic heterocycles. The summed E-state index contributed by atoms with van der Waals surface area (Å²) >= 11 is 6.02. The third-order valence-corrected chi connectivity index (χ3v) is 5.05. The molecule has 8 nitrogen and oxygen atoms in total. The highest BCUT2D eigenvalue weighted by Gasteiger charge is 2.13. The number of amides is 2. The maximum absolute atomic E-state index is 12.5. The number of urea groups is 1. The number of anilines is 3. The maximum Gasteiger partial charge on any atom is 0.323 e. The molecule has 0 saturated carbocycles. The Morgan fingerprint density at radius 3 is 2.65 bits per heavy atom. The highest BCUT2D eigenvalue weighted by molar-refractivity contribution is 6.31. The number of benzene rings is 2. The van der Waals surface area contributed by atoms with Crippen molar-refractivity contribution < 1.29 is 14.3 Å². The Labute approximate surface area is 185 Å². The van der Waals surface area contributed by atoms with E-state index in [1.54, 1.807) is 24.3 Å².